The van der Waals surface area contributed by atoms with Crippen molar-refractivity contribution in [3.05, 3.63) is 87.8 Å². The molecule has 5 nitrogen and oxygen atoms in total. The van der Waals surface area contributed by atoms with Crippen molar-refractivity contribution >= 4 is 17.7 Å². The van der Waals surface area contributed by atoms with Crippen LogP contribution in [0.5, 0.6) is 0 Å². The zero-order valence-corrected chi connectivity index (χ0v) is 16.8. The second-order valence-electron chi connectivity index (χ2n) is 6.34. The zero-order chi connectivity index (χ0) is 21.7. The SMILES string of the molecule is Cc1cc(=O)c(C(=O)NCCSc2ccccc2)nn1-c1ccccc1C(F)(F)F. The van der Waals surface area contributed by atoms with Gasteiger partial charge in [0.05, 0.1) is 11.3 Å². The number of para-hydroxylation sites is 1. The molecule has 0 aliphatic rings. The number of hydrogen-bond acceptors (Lipinski definition) is 4. The molecule has 0 bridgehead atoms. The van der Waals surface area contributed by atoms with Crippen LogP contribution >= 0.6 is 11.8 Å². The second-order valence-corrected chi connectivity index (χ2v) is 7.51. The molecule has 1 heterocycles. The molecule has 2 aromatic carbocycles. The predicted octanol–water partition coefficient (Wildman–Crippen LogP) is 4.08. The average Bonchev–Trinajstić information content (AvgIpc) is 2.71. The molecule has 0 fully saturated rings. The minimum atomic E-state index is -4.61. The molecule has 0 radical (unpaired) electrons. The first-order chi connectivity index (χ1) is 14.3. The average molecular weight is 433 g/mol. The first-order valence-corrected chi connectivity index (χ1v) is 9.99. The summed E-state index contributed by atoms with van der Waals surface area (Å²) in [4.78, 5) is 25.7. The van der Waals surface area contributed by atoms with Crippen molar-refractivity contribution in [1.82, 2.24) is 15.1 Å². The molecule has 3 aromatic rings. The topological polar surface area (TPSA) is 64.0 Å². The molecule has 156 valence electrons. The lowest BCUT2D eigenvalue weighted by molar-refractivity contribution is -0.137. The van der Waals surface area contributed by atoms with Gasteiger partial charge in [-0.05, 0) is 31.2 Å². The molecule has 1 N–H and O–H groups in total. The molecule has 0 unspecified atom stereocenters. The number of carbonyl (C=O) groups is 1. The highest BCUT2D eigenvalue weighted by Crippen LogP contribution is 2.33. The molecule has 0 aliphatic carbocycles. The van der Waals surface area contributed by atoms with Gasteiger partial charge in [-0.3, -0.25) is 9.59 Å². The van der Waals surface area contributed by atoms with Crippen LogP contribution in [0.4, 0.5) is 13.2 Å². The molecule has 1 aromatic heterocycles. The number of halogens is 3. The number of thioether (sulfide) groups is 1. The molecular weight excluding hydrogens is 415 g/mol. The third kappa shape index (κ3) is 5.10. The Labute approximate surface area is 174 Å². The van der Waals surface area contributed by atoms with Crippen LogP contribution in [0, 0.1) is 6.92 Å². The van der Waals surface area contributed by atoms with E-state index in [1.807, 2.05) is 30.3 Å². The van der Waals surface area contributed by atoms with Crippen LogP contribution in [0.25, 0.3) is 5.69 Å². The maximum atomic E-state index is 13.4. The molecule has 1 amide bonds. The van der Waals surface area contributed by atoms with Crippen molar-refractivity contribution in [2.45, 2.75) is 18.0 Å². The Morgan fingerprint density at radius 2 is 1.77 bits per heavy atom. The molecule has 9 heteroatoms. The van der Waals surface area contributed by atoms with Crippen molar-refractivity contribution in [3.63, 3.8) is 0 Å². The number of alkyl halides is 3. The van der Waals surface area contributed by atoms with E-state index in [1.165, 1.54) is 36.9 Å². The van der Waals surface area contributed by atoms with Gasteiger partial charge in [0, 0.05) is 29.0 Å². The van der Waals surface area contributed by atoms with E-state index in [0.29, 0.717) is 5.75 Å². The summed E-state index contributed by atoms with van der Waals surface area (Å²) < 4.78 is 41.1. The third-order valence-corrected chi connectivity index (χ3v) is 5.17. The number of aryl methyl sites for hydroxylation is 1. The lowest BCUT2D eigenvalue weighted by Gasteiger charge is -2.16. The van der Waals surface area contributed by atoms with Gasteiger partial charge in [0.2, 0.25) is 5.43 Å². The highest BCUT2D eigenvalue weighted by Gasteiger charge is 2.34. The van der Waals surface area contributed by atoms with E-state index in [2.05, 4.69) is 10.4 Å². The zero-order valence-electron chi connectivity index (χ0n) is 15.9. The van der Waals surface area contributed by atoms with Gasteiger partial charge < -0.3 is 5.32 Å². The molecule has 30 heavy (non-hydrogen) atoms. The van der Waals surface area contributed by atoms with E-state index >= 15 is 0 Å². The number of rotatable bonds is 6. The fourth-order valence-electron chi connectivity index (χ4n) is 2.78. The van der Waals surface area contributed by atoms with E-state index in [1.54, 1.807) is 0 Å². The number of amides is 1. The van der Waals surface area contributed by atoms with Gasteiger partial charge in [0.1, 0.15) is 0 Å². The van der Waals surface area contributed by atoms with Crippen LogP contribution in [0.2, 0.25) is 0 Å². The highest BCUT2D eigenvalue weighted by molar-refractivity contribution is 7.99. The Kier molecular flexibility index (Phi) is 6.61. The minimum absolute atomic E-state index is 0.188. The predicted molar refractivity (Wildman–Crippen MR) is 109 cm³/mol. The Bertz CT molecular complexity index is 1100. The lowest BCUT2D eigenvalue weighted by Crippen LogP contribution is -2.33. The maximum Gasteiger partial charge on any atom is 0.418 e. The van der Waals surface area contributed by atoms with Gasteiger partial charge in [-0.15, -0.1) is 11.8 Å². The summed E-state index contributed by atoms with van der Waals surface area (Å²) in [6, 6.07) is 15.5. The first kappa shape index (κ1) is 21.6. The molecular formula is C21H18F3N3O2S. The Morgan fingerprint density at radius 1 is 1.10 bits per heavy atom. The third-order valence-electron chi connectivity index (χ3n) is 4.16. The number of aromatic nitrogens is 2. The van der Waals surface area contributed by atoms with Crippen LogP contribution in [-0.4, -0.2) is 28.0 Å². The normalized spacial score (nSPS) is 11.3. The number of nitrogens with zero attached hydrogens (tertiary/aromatic N) is 2. The number of carbonyl (C=O) groups excluding carboxylic acids is 1. The second kappa shape index (κ2) is 9.17. The van der Waals surface area contributed by atoms with Gasteiger partial charge in [0.15, 0.2) is 5.69 Å². The summed E-state index contributed by atoms with van der Waals surface area (Å²) >= 11 is 1.53. The van der Waals surface area contributed by atoms with Gasteiger partial charge in [-0.25, -0.2) is 4.68 Å². The molecule has 0 saturated heterocycles. The Hall–Kier alpha value is -3.07. The number of hydrogen-bond donors (Lipinski definition) is 1. The quantitative estimate of drug-likeness (QED) is 0.470. The Morgan fingerprint density at radius 3 is 2.47 bits per heavy atom. The molecule has 0 atom stereocenters. The van der Waals surface area contributed by atoms with Gasteiger partial charge in [-0.2, -0.15) is 18.3 Å². The maximum absolute atomic E-state index is 13.4. The van der Waals surface area contributed by atoms with Crippen LogP contribution in [-0.2, 0) is 6.18 Å². The van der Waals surface area contributed by atoms with Crippen LogP contribution in [0.1, 0.15) is 21.7 Å². The minimum Gasteiger partial charge on any atom is -0.350 e. The fraction of sp³-hybridized carbons (Fsp3) is 0.190. The molecule has 0 aliphatic heterocycles. The smallest absolute Gasteiger partial charge is 0.350 e. The summed E-state index contributed by atoms with van der Waals surface area (Å²) in [7, 11) is 0. The summed E-state index contributed by atoms with van der Waals surface area (Å²) in [5.74, 6) is -0.168. The van der Waals surface area contributed by atoms with E-state index in [4.69, 9.17) is 0 Å². The van der Waals surface area contributed by atoms with Crippen LogP contribution in [0.3, 0.4) is 0 Å². The van der Waals surface area contributed by atoms with Crippen molar-refractivity contribution in [2.75, 3.05) is 12.3 Å². The highest BCUT2D eigenvalue weighted by atomic mass is 32.2. The lowest BCUT2D eigenvalue weighted by atomic mass is 10.1. The number of nitrogens with one attached hydrogen (secondary N) is 1. The monoisotopic (exact) mass is 433 g/mol. The van der Waals surface area contributed by atoms with E-state index in [-0.39, 0.29) is 17.9 Å². The Balaban J connectivity index is 1.80. The fourth-order valence-corrected chi connectivity index (χ4v) is 3.57. The van der Waals surface area contributed by atoms with E-state index in [9.17, 15) is 22.8 Å². The molecule has 3 rings (SSSR count). The standard InChI is InChI=1S/C21H18F3N3O2S/c1-14-13-18(28)19(20(29)25-11-12-30-15-7-3-2-4-8-15)26-27(14)17-10-6-5-9-16(17)21(22,23)24/h2-10,13H,11-12H2,1H3,(H,25,29). The summed E-state index contributed by atoms with van der Waals surface area (Å²) in [5.41, 5.74) is -2.08. The molecule has 0 saturated carbocycles. The largest absolute Gasteiger partial charge is 0.418 e. The van der Waals surface area contributed by atoms with Crippen LogP contribution < -0.4 is 10.7 Å². The van der Waals surface area contributed by atoms with E-state index < -0.39 is 28.8 Å². The summed E-state index contributed by atoms with van der Waals surface area (Å²) in [6.07, 6.45) is -4.61. The summed E-state index contributed by atoms with van der Waals surface area (Å²) in [5, 5.41) is 6.53. The van der Waals surface area contributed by atoms with Gasteiger partial charge in [0.25, 0.3) is 5.91 Å². The first-order valence-electron chi connectivity index (χ1n) is 9.01. The van der Waals surface area contributed by atoms with Crippen LogP contribution in [0.15, 0.2) is 70.4 Å². The molecule has 0 spiro atoms. The number of benzene rings is 2. The van der Waals surface area contributed by atoms with Crippen molar-refractivity contribution in [1.29, 1.82) is 0 Å². The van der Waals surface area contributed by atoms with Gasteiger partial charge >= 0.3 is 6.18 Å². The van der Waals surface area contributed by atoms with E-state index in [0.717, 1.165) is 21.7 Å². The summed E-state index contributed by atoms with van der Waals surface area (Å²) in [6.45, 7) is 1.73. The van der Waals surface area contributed by atoms with Crippen molar-refractivity contribution in [3.8, 4) is 5.69 Å². The van der Waals surface area contributed by atoms with Crippen molar-refractivity contribution < 1.29 is 18.0 Å². The van der Waals surface area contributed by atoms with Gasteiger partial charge in [-0.1, -0.05) is 30.3 Å². The van der Waals surface area contributed by atoms with Crippen molar-refractivity contribution in [2.24, 2.45) is 0 Å².